The fourth-order valence-corrected chi connectivity index (χ4v) is 2.15. The van der Waals surface area contributed by atoms with Crippen LogP contribution in [0.15, 0.2) is 34.9 Å². The second-order valence-corrected chi connectivity index (χ2v) is 5.29. The summed E-state index contributed by atoms with van der Waals surface area (Å²) in [5.41, 5.74) is 7.13. The molecule has 0 fully saturated rings. The van der Waals surface area contributed by atoms with E-state index in [0.717, 1.165) is 15.9 Å². The van der Waals surface area contributed by atoms with Crippen molar-refractivity contribution in [3.8, 4) is 0 Å². The maximum Gasteiger partial charge on any atom is 0.136 e. The second kappa shape index (κ2) is 5.10. The summed E-state index contributed by atoms with van der Waals surface area (Å²) < 4.78 is 2.65. The van der Waals surface area contributed by atoms with E-state index >= 15 is 0 Å². The lowest BCUT2D eigenvalue weighted by Gasteiger charge is -2.14. The number of rotatable bonds is 3. The molecule has 0 bridgehead atoms. The van der Waals surface area contributed by atoms with Crippen LogP contribution >= 0.6 is 27.5 Å². The Morgan fingerprint density at radius 3 is 2.59 bits per heavy atom. The number of hydrogen-bond acceptors (Lipinski definition) is 2. The van der Waals surface area contributed by atoms with E-state index in [0.29, 0.717) is 5.82 Å². The van der Waals surface area contributed by atoms with E-state index in [2.05, 4.69) is 28.0 Å². The summed E-state index contributed by atoms with van der Waals surface area (Å²) in [6, 6.07) is 8.04. The topological polar surface area (TPSA) is 43.8 Å². The number of hydrogen-bond donors (Lipinski definition) is 1. The maximum absolute atomic E-state index is 5.91. The van der Waals surface area contributed by atoms with Gasteiger partial charge in [0.05, 0.1) is 16.7 Å². The van der Waals surface area contributed by atoms with E-state index < -0.39 is 0 Å². The zero-order valence-electron chi connectivity index (χ0n) is 9.40. The van der Waals surface area contributed by atoms with Crippen molar-refractivity contribution in [2.24, 2.45) is 0 Å². The third-order valence-corrected chi connectivity index (χ3v) is 3.51. The Morgan fingerprint density at radius 2 is 2.06 bits per heavy atom. The van der Waals surface area contributed by atoms with Crippen LogP contribution in [0.4, 0.5) is 5.82 Å². The highest BCUT2D eigenvalue weighted by Gasteiger charge is 2.12. The number of nitrogens with zero attached hydrogens (tertiary/aromatic N) is 2. The average molecular weight is 315 g/mol. The fraction of sp³-hybridized carbons (Fsp3) is 0.250. The van der Waals surface area contributed by atoms with Gasteiger partial charge in [-0.1, -0.05) is 23.7 Å². The molecule has 1 aromatic heterocycles. The first-order chi connectivity index (χ1) is 8.08. The van der Waals surface area contributed by atoms with Crippen molar-refractivity contribution in [1.82, 2.24) is 9.78 Å². The Hall–Kier alpha value is -1.00. The first-order valence-electron chi connectivity index (χ1n) is 5.31. The Morgan fingerprint density at radius 1 is 1.41 bits per heavy atom. The van der Waals surface area contributed by atoms with Gasteiger partial charge in [0.25, 0.3) is 0 Å². The van der Waals surface area contributed by atoms with E-state index in [1.54, 1.807) is 6.20 Å². The quantitative estimate of drug-likeness (QED) is 0.939. The molecule has 17 heavy (non-hydrogen) atoms. The van der Waals surface area contributed by atoms with Crippen LogP contribution in [-0.4, -0.2) is 9.78 Å². The maximum atomic E-state index is 5.91. The van der Waals surface area contributed by atoms with E-state index in [9.17, 15) is 0 Å². The molecule has 90 valence electrons. The van der Waals surface area contributed by atoms with Crippen molar-refractivity contribution >= 4 is 33.3 Å². The third kappa shape index (κ3) is 2.82. The van der Waals surface area contributed by atoms with Gasteiger partial charge in [0.2, 0.25) is 0 Å². The number of benzene rings is 1. The molecule has 0 amide bonds. The molecular weight excluding hydrogens is 302 g/mol. The number of nitrogen functional groups attached to an aromatic ring is 1. The van der Waals surface area contributed by atoms with Gasteiger partial charge in [0, 0.05) is 5.02 Å². The molecule has 3 nitrogen and oxygen atoms in total. The SMILES string of the molecule is CC(Cc1ccc(Cl)cc1)n1ncc(Br)c1N. The molecule has 2 rings (SSSR count). The lowest BCUT2D eigenvalue weighted by molar-refractivity contribution is 0.496. The molecule has 0 aliphatic rings. The molecule has 2 N–H and O–H groups in total. The van der Waals surface area contributed by atoms with Gasteiger partial charge in [-0.25, -0.2) is 4.68 Å². The minimum absolute atomic E-state index is 0.211. The van der Waals surface area contributed by atoms with Gasteiger partial charge in [0.1, 0.15) is 5.82 Å². The van der Waals surface area contributed by atoms with E-state index in [1.165, 1.54) is 5.56 Å². The lowest BCUT2D eigenvalue weighted by atomic mass is 10.1. The van der Waals surface area contributed by atoms with E-state index in [-0.39, 0.29) is 6.04 Å². The molecule has 2 aromatic rings. The summed E-state index contributed by atoms with van der Waals surface area (Å²) in [7, 11) is 0. The molecule has 1 unspecified atom stereocenters. The Balaban J connectivity index is 2.14. The number of aromatic nitrogens is 2. The molecule has 1 heterocycles. The Bertz CT molecular complexity index is 507. The number of anilines is 1. The van der Waals surface area contributed by atoms with Crippen LogP contribution < -0.4 is 5.73 Å². The fourth-order valence-electron chi connectivity index (χ4n) is 1.75. The van der Waals surface area contributed by atoms with Gasteiger partial charge < -0.3 is 5.73 Å². The highest BCUT2D eigenvalue weighted by Crippen LogP contribution is 2.23. The lowest BCUT2D eigenvalue weighted by Crippen LogP contribution is -2.12. The van der Waals surface area contributed by atoms with Crippen molar-refractivity contribution in [3.05, 3.63) is 45.5 Å². The minimum atomic E-state index is 0.211. The van der Waals surface area contributed by atoms with Crippen LogP contribution in [-0.2, 0) is 6.42 Å². The summed E-state index contributed by atoms with van der Waals surface area (Å²) in [5, 5.41) is 5.00. The van der Waals surface area contributed by atoms with Crippen LogP contribution in [0, 0.1) is 0 Å². The summed E-state index contributed by atoms with van der Waals surface area (Å²) in [6.07, 6.45) is 2.59. The Labute approximate surface area is 114 Å². The van der Waals surface area contributed by atoms with Crippen molar-refractivity contribution in [2.45, 2.75) is 19.4 Å². The van der Waals surface area contributed by atoms with Gasteiger partial charge in [-0.2, -0.15) is 5.10 Å². The normalized spacial score (nSPS) is 12.6. The molecule has 0 saturated heterocycles. The molecule has 0 aliphatic carbocycles. The highest BCUT2D eigenvalue weighted by molar-refractivity contribution is 9.10. The molecule has 0 aliphatic heterocycles. The number of halogens is 2. The van der Waals surface area contributed by atoms with Gasteiger partial charge in [-0.15, -0.1) is 0 Å². The second-order valence-electron chi connectivity index (χ2n) is 4.00. The molecule has 0 radical (unpaired) electrons. The van der Waals surface area contributed by atoms with E-state index in [4.69, 9.17) is 17.3 Å². The molecule has 1 aromatic carbocycles. The summed E-state index contributed by atoms with van der Waals surface area (Å²) in [5.74, 6) is 0.659. The summed E-state index contributed by atoms with van der Waals surface area (Å²) in [4.78, 5) is 0. The summed E-state index contributed by atoms with van der Waals surface area (Å²) in [6.45, 7) is 2.09. The van der Waals surface area contributed by atoms with Crippen LogP contribution in [0.1, 0.15) is 18.5 Å². The first-order valence-corrected chi connectivity index (χ1v) is 6.48. The first kappa shape index (κ1) is 12.5. The van der Waals surface area contributed by atoms with Gasteiger partial charge in [-0.3, -0.25) is 0 Å². The van der Waals surface area contributed by atoms with Crippen molar-refractivity contribution < 1.29 is 0 Å². The highest BCUT2D eigenvalue weighted by atomic mass is 79.9. The Kier molecular flexibility index (Phi) is 3.74. The molecule has 0 spiro atoms. The predicted octanol–water partition coefficient (Wildman–Crippen LogP) is 3.68. The van der Waals surface area contributed by atoms with Crippen LogP contribution in [0.3, 0.4) is 0 Å². The molecular formula is C12H13BrClN3. The standard InChI is InChI=1S/C12H13BrClN3/c1-8(17-12(15)11(13)7-16-17)6-9-2-4-10(14)5-3-9/h2-5,7-8H,6,15H2,1H3. The largest absolute Gasteiger partial charge is 0.383 e. The van der Waals surface area contributed by atoms with E-state index in [1.807, 2.05) is 28.9 Å². The summed E-state index contributed by atoms with van der Waals surface area (Å²) >= 11 is 9.20. The average Bonchev–Trinajstić information content (AvgIpc) is 2.63. The monoisotopic (exact) mass is 313 g/mol. The van der Waals surface area contributed by atoms with Crippen LogP contribution in [0.5, 0.6) is 0 Å². The van der Waals surface area contributed by atoms with Crippen LogP contribution in [0.2, 0.25) is 5.02 Å². The van der Waals surface area contributed by atoms with Crippen molar-refractivity contribution in [2.75, 3.05) is 5.73 Å². The van der Waals surface area contributed by atoms with Gasteiger partial charge >= 0.3 is 0 Å². The molecule has 1 atom stereocenters. The zero-order chi connectivity index (χ0) is 12.4. The smallest absolute Gasteiger partial charge is 0.136 e. The van der Waals surface area contributed by atoms with Crippen molar-refractivity contribution in [3.63, 3.8) is 0 Å². The number of nitrogens with two attached hydrogens (primary N) is 1. The van der Waals surface area contributed by atoms with Crippen LogP contribution in [0.25, 0.3) is 0 Å². The predicted molar refractivity (Wildman–Crippen MR) is 74.2 cm³/mol. The van der Waals surface area contributed by atoms with Gasteiger partial charge in [0.15, 0.2) is 0 Å². The zero-order valence-corrected chi connectivity index (χ0v) is 11.7. The van der Waals surface area contributed by atoms with Gasteiger partial charge in [-0.05, 0) is 47.0 Å². The minimum Gasteiger partial charge on any atom is -0.383 e. The third-order valence-electron chi connectivity index (χ3n) is 2.65. The molecule has 0 saturated carbocycles. The molecule has 5 heteroatoms. The van der Waals surface area contributed by atoms with Crippen molar-refractivity contribution in [1.29, 1.82) is 0 Å².